The lowest BCUT2D eigenvalue weighted by molar-refractivity contribution is -0.134. The van der Waals surface area contributed by atoms with Crippen molar-refractivity contribution in [3.8, 4) is 0 Å². The summed E-state index contributed by atoms with van der Waals surface area (Å²) in [4.78, 5) is 10.3. The van der Waals surface area contributed by atoms with E-state index in [1.54, 1.807) is 6.08 Å². The Hall–Kier alpha value is -1.81. The van der Waals surface area contributed by atoms with Crippen molar-refractivity contribution < 1.29 is 15.0 Å². The zero-order chi connectivity index (χ0) is 11.8. The molecule has 1 aromatic rings. The second-order valence-corrected chi connectivity index (χ2v) is 3.30. The Kier molecular flexibility index (Phi) is 5.08. The number of carboxylic acids is 1. The fraction of sp³-hybridized carbons (Fsp3) is 0.250. The molecule has 3 N–H and O–H groups in total. The summed E-state index contributed by atoms with van der Waals surface area (Å²) in [5.41, 5.74) is 1.91. The van der Waals surface area contributed by atoms with Gasteiger partial charge in [-0.1, -0.05) is 24.3 Å². The molecule has 16 heavy (non-hydrogen) atoms. The van der Waals surface area contributed by atoms with Crippen LogP contribution < -0.4 is 5.32 Å². The molecule has 4 nitrogen and oxygen atoms in total. The van der Waals surface area contributed by atoms with Gasteiger partial charge in [0.2, 0.25) is 0 Å². The molecule has 0 aromatic heterocycles. The topological polar surface area (TPSA) is 69.6 Å². The predicted octanol–water partition coefficient (Wildman–Crippen LogP) is 1.27. The van der Waals surface area contributed by atoms with Gasteiger partial charge in [0.1, 0.15) is 6.54 Å². The van der Waals surface area contributed by atoms with Gasteiger partial charge < -0.3 is 15.5 Å². The number of aliphatic hydroxyl groups excluding tert-OH is 1. The zero-order valence-electron chi connectivity index (χ0n) is 8.89. The summed E-state index contributed by atoms with van der Waals surface area (Å²) < 4.78 is 0. The average molecular weight is 221 g/mol. The third kappa shape index (κ3) is 4.61. The molecular formula is C12H15NO3. The minimum Gasteiger partial charge on any atom is -0.480 e. The molecule has 0 fully saturated rings. The summed E-state index contributed by atoms with van der Waals surface area (Å²) in [5.74, 6) is -0.880. The maximum atomic E-state index is 10.3. The number of rotatable bonds is 6. The molecule has 1 rings (SSSR count). The second kappa shape index (κ2) is 6.63. The third-order valence-electron chi connectivity index (χ3n) is 2.02. The van der Waals surface area contributed by atoms with Crippen molar-refractivity contribution in [1.82, 2.24) is 0 Å². The number of carbonyl (C=O) groups is 1. The summed E-state index contributed by atoms with van der Waals surface area (Å²) in [6.45, 7) is -0.0258. The summed E-state index contributed by atoms with van der Waals surface area (Å²) >= 11 is 0. The Balaban J connectivity index is 2.47. The van der Waals surface area contributed by atoms with Gasteiger partial charge in [-0.3, -0.25) is 4.79 Å². The van der Waals surface area contributed by atoms with Crippen LogP contribution >= 0.6 is 0 Å². The molecule has 0 spiro atoms. The van der Waals surface area contributed by atoms with E-state index < -0.39 is 5.97 Å². The van der Waals surface area contributed by atoms with Crippen molar-refractivity contribution in [3.05, 3.63) is 42.0 Å². The van der Waals surface area contributed by atoms with Crippen LogP contribution in [0.5, 0.6) is 0 Å². The predicted molar refractivity (Wildman–Crippen MR) is 62.5 cm³/mol. The van der Waals surface area contributed by atoms with Gasteiger partial charge in [-0.15, -0.1) is 0 Å². The fourth-order valence-electron chi connectivity index (χ4n) is 1.23. The molecule has 86 valence electrons. The van der Waals surface area contributed by atoms with E-state index in [0.717, 1.165) is 17.7 Å². The highest BCUT2D eigenvalue weighted by atomic mass is 16.4. The van der Waals surface area contributed by atoms with Crippen LogP contribution in [-0.4, -0.2) is 29.3 Å². The van der Waals surface area contributed by atoms with E-state index in [2.05, 4.69) is 5.32 Å². The van der Waals surface area contributed by atoms with Crippen molar-refractivity contribution in [3.63, 3.8) is 0 Å². The molecule has 0 aliphatic carbocycles. The second-order valence-electron chi connectivity index (χ2n) is 3.30. The molecule has 0 heterocycles. The first-order valence-electron chi connectivity index (χ1n) is 5.03. The SMILES string of the molecule is O=C(O)CNc1ccc(CC=CCO)cc1. The Morgan fingerprint density at radius 2 is 1.94 bits per heavy atom. The summed E-state index contributed by atoms with van der Waals surface area (Å²) in [7, 11) is 0. The number of aliphatic carboxylic acids is 1. The van der Waals surface area contributed by atoms with Crippen LogP contribution in [0, 0.1) is 0 Å². The van der Waals surface area contributed by atoms with Gasteiger partial charge >= 0.3 is 5.97 Å². The molecule has 0 aliphatic rings. The van der Waals surface area contributed by atoms with E-state index >= 15 is 0 Å². The molecule has 0 atom stereocenters. The third-order valence-corrected chi connectivity index (χ3v) is 2.02. The van der Waals surface area contributed by atoms with Crippen molar-refractivity contribution in [2.75, 3.05) is 18.5 Å². The number of hydrogen-bond donors (Lipinski definition) is 3. The molecular weight excluding hydrogens is 206 g/mol. The van der Waals surface area contributed by atoms with Crippen molar-refractivity contribution >= 4 is 11.7 Å². The maximum absolute atomic E-state index is 10.3. The van der Waals surface area contributed by atoms with E-state index in [1.165, 1.54) is 0 Å². The van der Waals surface area contributed by atoms with Crippen LogP contribution in [0.2, 0.25) is 0 Å². The number of aliphatic hydroxyl groups is 1. The van der Waals surface area contributed by atoms with Gasteiger partial charge in [0.15, 0.2) is 0 Å². The molecule has 0 aliphatic heterocycles. The monoisotopic (exact) mass is 221 g/mol. The van der Waals surface area contributed by atoms with Crippen molar-refractivity contribution in [2.24, 2.45) is 0 Å². The molecule has 0 saturated heterocycles. The minimum absolute atomic E-state index is 0.0538. The van der Waals surface area contributed by atoms with Gasteiger partial charge in [-0.05, 0) is 24.1 Å². The molecule has 0 radical (unpaired) electrons. The van der Waals surface area contributed by atoms with E-state index in [-0.39, 0.29) is 13.2 Å². The highest BCUT2D eigenvalue weighted by molar-refractivity contribution is 5.72. The number of anilines is 1. The van der Waals surface area contributed by atoms with Crippen LogP contribution in [0.3, 0.4) is 0 Å². The van der Waals surface area contributed by atoms with Crippen LogP contribution in [-0.2, 0) is 11.2 Å². The molecule has 0 unspecified atom stereocenters. The van der Waals surface area contributed by atoms with Crippen LogP contribution in [0.15, 0.2) is 36.4 Å². The van der Waals surface area contributed by atoms with Crippen molar-refractivity contribution in [2.45, 2.75) is 6.42 Å². The van der Waals surface area contributed by atoms with Gasteiger partial charge in [-0.25, -0.2) is 0 Å². The Morgan fingerprint density at radius 3 is 2.50 bits per heavy atom. The van der Waals surface area contributed by atoms with E-state index in [0.29, 0.717) is 0 Å². The first-order valence-corrected chi connectivity index (χ1v) is 5.03. The molecule has 0 amide bonds. The number of allylic oxidation sites excluding steroid dienone is 1. The number of hydrogen-bond acceptors (Lipinski definition) is 3. The summed E-state index contributed by atoms with van der Waals surface area (Å²) in [6, 6.07) is 7.52. The van der Waals surface area contributed by atoms with Crippen LogP contribution in [0.4, 0.5) is 5.69 Å². The largest absolute Gasteiger partial charge is 0.480 e. The molecule has 0 bridgehead atoms. The Labute approximate surface area is 94.2 Å². The quantitative estimate of drug-likeness (QED) is 0.633. The lowest BCUT2D eigenvalue weighted by Gasteiger charge is -2.03. The first kappa shape index (κ1) is 12.3. The number of benzene rings is 1. The van der Waals surface area contributed by atoms with Gasteiger partial charge in [0.25, 0.3) is 0 Å². The maximum Gasteiger partial charge on any atom is 0.322 e. The number of carboxylic acid groups (broad SMARTS) is 1. The lowest BCUT2D eigenvalue weighted by atomic mass is 10.1. The fourth-order valence-corrected chi connectivity index (χ4v) is 1.23. The highest BCUT2D eigenvalue weighted by Gasteiger charge is 1.96. The number of nitrogens with one attached hydrogen (secondary N) is 1. The summed E-state index contributed by atoms with van der Waals surface area (Å²) in [6.07, 6.45) is 4.34. The normalized spacial score (nSPS) is 10.6. The zero-order valence-corrected chi connectivity index (χ0v) is 8.89. The lowest BCUT2D eigenvalue weighted by Crippen LogP contribution is -2.12. The van der Waals surface area contributed by atoms with Gasteiger partial charge in [-0.2, -0.15) is 0 Å². The molecule has 4 heteroatoms. The standard InChI is InChI=1S/C12H15NO3/c14-8-2-1-3-10-4-6-11(7-5-10)13-9-12(15)16/h1-2,4-7,13-14H,3,8-9H2,(H,15,16). The minimum atomic E-state index is -0.880. The van der Waals surface area contributed by atoms with Crippen molar-refractivity contribution in [1.29, 1.82) is 0 Å². The molecule has 1 aromatic carbocycles. The van der Waals surface area contributed by atoms with E-state index in [1.807, 2.05) is 30.3 Å². The molecule has 0 saturated carbocycles. The Bertz CT molecular complexity index is 357. The summed E-state index contributed by atoms with van der Waals surface area (Å²) in [5, 5.41) is 19.8. The highest BCUT2D eigenvalue weighted by Crippen LogP contribution is 2.09. The van der Waals surface area contributed by atoms with E-state index in [9.17, 15) is 4.79 Å². The average Bonchev–Trinajstić information content (AvgIpc) is 2.28. The van der Waals surface area contributed by atoms with Gasteiger partial charge in [0, 0.05) is 5.69 Å². The van der Waals surface area contributed by atoms with Gasteiger partial charge in [0.05, 0.1) is 6.61 Å². The Morgan fingerprint density at radius 1 is 1.25 bits per heavy atom. The first-order chi connectivity index (χ1) is 7.72. The van der Waals surface area contributed by atoms with Crippen LogP contribution in [0.1, 0.15) is 5.56 Å². The van der Waals surface area contributed by atoms with E-state index in [4.69, 9.17) is 10.2 Å². The van der Waals surface area contributed by atoms with Crippen LogP contribution in [0.25, 0.3) is 0 Å². The smallest absolute Gasteiger partial charge is 0.322 e.